The minimum atomic E-state index is -0.585. The molecule has 1 saturated carbocycles. The van der Waals surface area contributed by atoms with Crippen LogP contribution in [-0.2, 0) is 4.74 Å². The Morgan fingerprint density at radius 1 is 1.28 bits per heavy atom. The summed E-state index contributed by atoms with van der Waals surface area (Å²) in [7, 11) is 0. The maximum Gasteiger partial charge on any atom is 0.218 e. The third kappa shape index (κ3) is 6.40. The SMILES string of the molecule is CCC(NC1CCCCC1)C(CO)CNc1nc2ccc(C)cc2cc1C(=N)OC(C)N. The topological polar surface area (TPSA) is 116 Å². The van der Waals surface area contributed by atoms with E-state index in [1.807, 2.05) is 31.2 Å². The number of aliphatic hydroxyl groups excluding tert-OH is 1. The molecular weight excluding hydrogens is 402 g/mol. The molecule has 1 aliphatic rings. The Kier molecular flexibility index (Phi) is 8.84. The molecule has 1 aromatic carbocycles. The number of nitrogens with zero attached hydrogens (tertiary/aromatic N) is 1. The lowest BCUT2D eigenvalue weighted by molar-refractivity contribution is 0.180. The standard InChI is InChI=1S/C25H39N5O2/c1-4-22(29-20-8-6-5-7-9-20)19(15-31)14-28-25-21(24(27)32-17(3)26)13-18-12-16(2)10-11-23(18)30-25/h10-13,17,19-20,22,27,29,31H,4-9,14-15,26H2,1-3H3,(H,28,30). The lowest BCUT2D eigenvalue weighted by Crippen LogP contribution is -2.46. The Morgan fingerprint density at radius 3 is 2.69 bits per heavy atom. The van der Waals surface area contributed by atoms with Crippen LogP contribution in [0.1, 0.15) is 63.5 Å². The van der Waals surface area contributed by atoms with Gasteiger partial charge in [-0.3, -0.25) is 11.1 Å². The van der Waals surface area contributed by atoms with Crippen molar-refractivity contribution in [2.24, 2.45) is 11.7 Å². The third-order valence-corrected chi connectivity index (χ3v) is 6.35. The molecule has 6 N–H and O–H groups in total. The van der Waals surface area contributed by atoms with Crippen molar-refractivity contribution in [1.82, 2.24) is 10.3 Å². The highest BCUT2D eigenvalue weighted by atomic mass is 16.5. The summed E-state index contributed by atoms with van der Waals surface area (Å²) >= 11 is 0. The summed E-state index contributed by atoms with van der Waals surface area (Å²) in [6.07, 6.45) is 6.67. The van der Waals surface area contributed by atoms with Gasteiger partial charge in [-0.2, -0.15) is 0 Å². The van der Waals surface area contributed by atoms with Gasteiger partial charge in [0.25, 0.3) is 0 Å². The number of benzene rings is 1. The van der Waals surface area contributed by atoms with Gasteiger partial charge in [0.05, 0.1) is 11.1 Å². The molecule has 1 heterocycles. The number of nitrogens with one attached hydrogen (secondary N) is 3. The van der Waals surface area contributed by atoms with Crippen molar-refractivity contribution in [1.29, 1.82) is 5.41 Å². The first kappa shape index (κ1) is 24.4. The highest BCUT2D eigenvalue weighted by molar-refractivity contribution is 6.00. The van der Waals surface area contributed by atoms with Crippen LogP contribution in [0.25, 0.3) is 10.9 Å². The molecule has 3 atom stereocenters. The molecule has 1 fully saturated rings. The van der Waals surface area contributed by atoms with E-state index in [4.69, 9.17) is 20.9 Å². The molecule has 2 aromatic rings. The Balaban J connectivity index is 1.80. The second-order valence-electron chi connectivity index (χ2n) is 9.07. The smallest absolute Gasteiger partial charge is 0.218 e. The number of hydrogen-bond acceptors (Lipinski definition) is 7. The lowest BCUT2D eigenvalue weighted by atomic mass is 9.91. The van der Waals surface area contributed by atoms with Crippen LogP contribution in [0.2, 0.25) is 0 Å². The Hall–Kier alpha value is -2.22. The zero-order valence-electron chi connectivity index (χ0n) is 19.7. The fraction of sp³-hybridized carbons (Fsp3) is 0.600. The Bertz CT molecular complexity index is 895. The average molecular weight is 442 g/mol. The molecule has 1 aromatic heterocycles. The molecule has 1 aliphatic carbocycles. The summed E-state index contributed by atoms with van der Waals surface area (Å²) in [5, 5.41) is 26.7. The van der Waals surface area contributed by atoms with E-state index in [0.29, 0.717) is 24.0 Å². The second-order valence-corrected chi connectivity index (χ2v) is 9.07. The van der Waals surface area contributed by atoms with Crippen molar-refractivity contribution < 1.29 is 9.84 Å². The van der Waals surface area contributed by atoms with Gasteiger partial charge in [-0.15, -0.1) is 0 Å². The first-order valence-electron chi connectivity index (χ1n) is 11.9. The molecule has 0 amide bonds. The van der Waals surface area contributed by atoms with E-state index in [2.05, 4.69) is 17.6 Å². The first-order valence-corrected chi connectivity index (χ1v) is 11.9. The average Bonchev–Trinajstić information content (AvgIpc) is 2.78. The molecule has 0 spiro atoms. The molecule has 0 aliphatic heterocycles. The van der Waals surface area contributed by atoms with Crippen LogP contribution in [0.4, 0.5) is 5.82 Å². The molecule has 3 unspecified atom stereocenters. The van der Waals surface area contributed by atoms with Gasteiger partial charge in [0.15, 0.2) is 0 Å². The number of ether oxygens (including phenoxy) is 1. The zero-order chi connectivity index (χ0) is 23.1. The zero-order valence-corrected chi connectivity index (χ0v) is 19.7. The van der Waals surface area contributed by atoms with Crippen LogP contribution < -0.4 is 16.4 Å². The minimum Gasteiger partial charge on any atom is -0.459 e. The summed E-state index contributed by atoms with van der Waals surface area (Å²) in [6.45, 7) is 6.53. The van der Waals surface area contributed by atoms with E-state index in [-0.39, 0.29) is 24.5 Å². The molecule has 0 bridgehead atoms. The number of fused-ring (bicyclic) bond motifs is 1. The van der Waals surface area contributed by atoms with E-state index in [9.17, 15) is 5.11 Å². The lowest BCUT2D eigenvalue weighted by Gasteiger charge is -2.32. The number of pyridine rings is 1. The number of rotatable bonds is 10. The van der Waals surface area contributed by atoms with E-state index in [1.165, 1.54) is 32.1 Å². The van der Waals surface area contributed by atoms with Gasteiger partial charge in [-0.05, 0) is 51.3 Å². The predicted octanol–water partition coefficient (Wildman–Crippen LogP) is 3.91. The van der Waals surface area contributed by atoms with Crippen molar-refractivity contribution in [2.75, 3.05) is 18.5 Å². The first-order chi connectivity index (χ1) is 15.4. The van der Waals surface area contributed by atoms with Crippen molar-refractivity contribution in [3.05, 3.63) is 35.4 Å². The van der Waals surface area contributed by atoms with Gasteiger partial charge in [0.1, 0.15) is 12.0 Å². The van der Waals surface area contributed by atoms with Gasteiger partial charge in [-0.25, -0.2) is 4.98 Å². The van der Waals surface area contributed by atoms with Gasteiger partial charge in [0, 0.05) is 36.5 Å². The maximum absolute atomic E-state index is 10.2. The van der Waals surface area contributed by atoms with E-state index in [0.717, 1.165) is 22.9 Å². The molecule has 32 heavy (non-hydrogen) atoms. The molecule has 176 valence electrons. The van der Waals surface area contributed by atoms with Gasteiger partial charge in [0.2, 0.25) is 5.90 Å². The highest BCUT2D eigenvalue weighted by Crippen LogP contribution is 2.24. The number of aryl methyl sites for hydroxylation is 1. The number of hydrogen-bond donors (Lipinski definition) is 5. The minimum absolute atomic E-state index is 0.00803. The molecule has 7 nitrogen and oxygen atoms in total. The van der Waals surface area contributed by atoms with Crippen molar-refractivity contribution in [2.45, 2.75) is 77.6 Å². The quantitative estimate of drug-likeness (QED) is 0.217. The number of aliphatic hydroxyl groups is 1. The van der Waals surface area contributed by atoms with Crippen molar-refractivity contribution in [3.8, 4) is 0 Å². The van der Waals surface area contributed by atoms with Gasteiger partial charge >= 0.3 is 0 Å². The van der Waals surface area contributed by atoms with E-state index in [1.54, 1.807) is 6.92 Å². The summed E-state index contributed by atoms with van der Waals surface area (Å²) in [6, 6.07) is 8.74. The normalized spacial score (nSPS) is 17.7. The number of anilines is 1. The number of aromatic nitrogens is 1. The molecule has 3 rings (SSSR count). The van der Waals surface area contributed by atoms with Gasteiger partial charge in [-0.1, -0.05) is 37.8 Å². The fourth-order valence-electron chi connectivity index (χ4n) is 4.57. The van der Waals surface area contributed by atoms with E-state index >= 15 is 0 Å². The third-order valence-electron chi connectivity index (χ3n) is 6.35. The van der Waals surface area contributed by atoms with Crippen molar-refractivity contribution >= 4 is 22.6 Å². The maximum atomic E-state index is 10.2. The highest BCUT2D eigenvalue weighted by Gasteiger charge is 2.24. The van der Waals surface area contributed by atoms with Crippen LogP contribution >= 0.6 is 0 Å². The monoisotopic (exact) mass is 441 g/mol. The van der Waals surface area contributed by atoms with Crippen LogP contribution in [0.15, 0.2) is 24.3 Å². The fourth-order valence-corrected chi connectivity index (χ4v) is 4.57. The van der Waals surface area contributed by atoms with Crippen LogP contribution in [0, 0.1) is 18.3 Å². The Morgan fingerprint density at radius 2 is 2.03 bits per heavy atom. The van der Waals surface area contributed by atoms with Crippen LogP contribution in [-0.4, -0.2) is 47.5 Å². The summed E-state index contributed by atoms with van der Waals surface area (Å²) in [5.41, 5.74) is 8.32. The molecule has 7 heteroatoms. The number of nitrogens with two attached hydrogens (primary N) is 1. The molecule has 0 saturated heterocycles. The van der Waals surface area contributed by atoms with Crippen LogP contribution in [0.5, 0.6) is 0 Å². The van der Waals surface area contributed by atoms with E-state index < -0.39 is 6.23 Å². The molecule has 0 radical (unpaired) electrons. The Labute approximate surface area is 191 Å². The summed E-state index contributed by atoms with van der Waals surface area (Å²) < 4.78 is 5.48. The van der Waals surface area contributed by atoms with Gasteiger partial charge < -0.3 is 20.5 Å². The van der Waals surface area contributed by atoms with Crippen molar-refractivity contribution in [3.63, 3.8) is 0 Å². The predicted molar refractivity (Wildman–Crippen MR) is 131 cm³/mol. The summed E-state index contributed by atoms with van der Waals surface area (Å²) in [4.78, 5) is 4.78. The molecular formula is C25H39N5O2. The summed E-state index contributed by atoms with van der Waals surface area (Å²) in [5.74, 6) is 0.609. The second kappa shape index (κ2) is 11.6. The largest absolute Gasteiger partial charge is 0.459 e. The van der Waals surface area contributed by atoms with Crippen LogP contribution in [0.3, 0.4) is 0 Å².